The van der Waals surface area contributed by atoms with E-state index in [2.05, 4.69) is 24.0 Å². The molecule has 1 nitrogen and oxygen atoms in total. The normalized spacial score (nSPS) is 9.94. The minimum absolute atomic E-state index is 0.688. The Morgan fingerprint density at radius 3 is 2.35 bits per heavy atom. The Morgan fingerprint density at radius 1 is 1.00 bits per heavy atom. The van der Waals surface area contributed by atoms with E-state index in [9.17, 15) is 0 Å². The molecule has 0 aromatic heterocycles. The summed E-state index contributed by atoms with van der Waals surface area (Å²) in [5.41, 5.74) is 3.13. The van der Waals surface area contributed by atoms with E-state index in [1.165, 1.54) is 0 Å². The number of nitrogens with one attached hydrogen (secondary N) is 1. The molecule has 0 amide bonds. The van der Waals surface area contributed by atoms with Gasteiger partial charge in [0, 0.05) is 6.54 Å². The van der Waals surface area contributed by atoms with Crippen molar-refractivity contribution in [2.45, 2.75) is 0 Å². The van der Waals surface area contributed by atoms with Gasteiger partial charge in [0.15, 0.2) is 0 Å². The molecule has 0 radical (unpaired) electrons. The zero-order chi connectivity index (χ0) is 12.1. The van der Waals surface area contributed by atoms with Gasteiger partial charge in [-0.05, 0) is 23.3 Å². The van der Waals surface area contributed by atoms with E-state index in [0.717, 1.165) is 21.8 Å². The first-order chi connectivity index (χ1) is 8.27. The summed E-state index contributed by atoms with van der Waals surface area (Å²) >= 11 is 6.06. The van der Waals surface area contributed by atoms with Gasteiger partial charge in [-0.2, -0.15) is 0 Å². The van der Waals surface area contributed by atoms with Crippen LogP contribution in [0.2, 0.25) is 5.02 Å². The smallest absolute Gasteiger partial charge is 0.0637 e. The number of rotatable bonds is 4. The van der Waals surface area contributed by atoms with Crippen molar-refractivity contribution in [3.8, 4) is 0 Å². The van der Waals surface area contributed by atoms with Crippen molar-refractivity contribution in [3.63, 3.8) is 0 Å². The van der Waals surface area contributed by atoms with Crippen molar-refractivity contribution in [3.05, 3.63) is 71.8 Å². The average Bonchev–Trinajstić information content (AvgIpc) is 2.38. The predicted octanol–water partition coefficient (Wildman–Crippen LogP) is 4.47. The lowest BCUT2D eigenvalue weighted by atomic mass is 10.1. The lowest BCUT2D eigenvalue weighted by molar-refractivity contribution is 1.34. The molecule has 0 spiro atoms. The second kappa shape index (κ2) is 5.55. The zero-order valence-electron chi connectivity index (χ0n) is 9.49. The molecule has 2 aromatic carbocycles. The summed E-state index contributed by atoms with van der Waals surface area (Å²) in [6.45, 7) is 4.75. The van der Waals surface area contributed by atoms with Crippen molar-refractivity contribution in [2.24, 2.45) is 0 Å². The van der Waals surface area contributed by atoms with Gasteiger partial charge in [-0.3, -0.25) is 0 Å². The third-order valence-electron chi connectivity index (χ3n) is 2.55. The van der Waals surface area contributed by atoms with Gasteiger partial charge < -0.3 is 5.32 Å². The van der Waals surface area contributed by atoms with Crippen molar-refractivity contribution < 1.29 is 0 Å². The highest BCUT2D eigenvalue weighted by Crippen LogP contribution is 2.21. The number of halogens is 1. The van der Waals surface area contributed by atoms with Crippen LogP contribution in [-0.4, -0.2) is 6.54 Å². The molecule has 0 atom stereocenters. The van der Waals surface area contributed by atoms with Crippen molar-refractivity contribution in [1.29, 1.82) is 0 Å². The van der Waals surface area contributed by atoms with Gasteiger partial charge >= 0.3 is 0 Å². The van der Waals surface area contributed by atoms with E-state index in [-0.39, 0.29) is 0 Å². The maximum Gasteiger partial charge on any atom is 0.0637 e. The standard InChI is InChI=1S/C15H14ClN/c1-12(13-7-3-2-4-8-13)11-17-15-10-6-5-9-14(15)16/h2-10,17H,1,11H2. The lowest BCUT2D eigenvalue weighted by Gasteiger charge is -2.10. The summed E-state index contributed by atoms with van der Waals surface area (Å²) in [5, 5.41) is 4.01. The largest absolute Gasteiger partial charge is 0.380 e. The maximum absolute atomic E-state index is 6.06. The first-order valence-electron chi connectivity index (χ1n) is 5.49. The Balaban J connectivity index is 2.00. The number of para-hydroxylation sites is 1. The third kappa shape index (κ3) is 3.11. The average molecular weight is 244 g/mol. The zero-order valence-corrected chi connectivity index (χ0v) is 10.2. The van der Waals surface area contributed by atoms with Crippen LogP contribution in [-0.2, 0) is 0 Å². The van der Waals surface area contributed by atoms with E-state index in [1.807, 2.05) is 42.5 Å². The van der Waals surface area contributed by atoms with Crippen LogP contribution in [0.5, 0.6) is 0 Å². The molecule has 0 unspecified atom stereocenters. The van der Waals surface area contributed by atoms with Gasteiger partial charge in [0.25, 0.3) is 0 Å². The van der Waals surface area contributed by atoms with Gasteiger partial charge in [0.05, 0.1) is 10.7 Å². The van der Waals surface area contributed by atoms with E-state index in [4.69, 9.17) is 11.6 Å². The van der Waals surface area contributed by atoms with Crippen LogP contribution in [0.15, 0.2) is 61.2 Å². The van der Waals surface area contributed by atoms with Crippen molar-refractivity contribution in [2.75, 3.05) is 11.9 Å². The molecule has 0 heterocycles. The van der Waals surface area contributed by atoms with Gasteiger partial charge in [0.1, 0.15) is 0 Å². The Labute approximate surface area is 107 Å². The number of anilines is 1. The molecule has 0 fully saturated rings. The fourth-order valence-electron chi connectivity index (χ4n) is 1.58. The van der Waals surface area contributed by atoms with E-state index >= 15 is 0 Å². The molecule has 0 saturated heterocycles. The highest BCUT2D eigenvalue weighted by molar-refractivity contribution is 6.33. The summed E-state index contributed by atoms with van der Waals surface area (Å²) in [7, 11) is 0. The molecule has 2 aromatic rings. The molecule has 86 valence electrons. The quantitative estimate of drug-likeness (QED) is 0.836. The molecule has 17 heavy (non-hydrogen) atoms. The molecule has 0 aliphatic carbocycles. The van der Waals surface area contributed by atoms with Crippen molar-refractivity contribution >= 4 is 22.9 Å². The minimum atomic E-state index is 0.688. The van der Waals surface area contributed by atoms with Crippen molar-refractivity contribution in [1.82, 2.24) is 0 Å². The summed E-state index contributed by atoms with van der Waals surface area (Å²) in [6.07, 6.45) is 0. The Hall–Kier alpha value is -1.73. The van der Waals surface area contributed by atoms with Crippen LogP contribution in [0.3, 0.4) is 0 Å². The minimum Gasteiger partial charge on any atom is -0.380 e. The summed E-state index contributed by atoms with van der Waals surface area (Å²) in [4.78, 5) is 0. The maximum atomic E-state index is 6.06. The Bertz CT molecular complexity index is 505. The Morgan fingerprint density at radius 2 is 1.65 bits per heavy atom. The summed E-state index contributed by atoms with van der Waals surface area (Å²) in [5.74, 6) is 0. The topological polar surface area (TPSA) is 12.0 Å². The van der Waals surface area contributed by atoms with E-state index < -0.39 is 0 Å². The van der Waals surface area contributed by atoms with Gasteiger partial charge in [-0.1, -0.05) is 60.6 Å². The lowest BCUT2D eigenvalue weighted by Crippen LogP contribution is -2.03. The van der Waals surface area contributed by atoms with Crippen LogP contribution in [0, 0.1) is 0 Å². The molecule has 0 aliphatic heterocycles. The highest BCUT2D eigenvalue weighted by Gasteiger charge is 2.00. The SMILES string of the molecule is C=C(CNc1ccccc1Cl)c1ccccc1. The molecule has 0 saturated carbocycles. The summed E-state index contributed by atoms with van der Waals surface area (Å²) < 4.78 is 0. The van der Waals surface area contributed by atoms with Gasteiger partial charge in [-0.25, -0.2) is 0 Å². The molecule has 0 aliphatic rings. The number of hydrogen-bond acceptors (Lipinski definition) is 1. The fourth-order valence-corrected chi connectivity index (χ4v) is 1.78. The highest BCUT2D eigenvalue weighted by atomic mass is 35.5. The molecule has 2 heteroatoms. The van der Waals surface area contributed by atoms with Crippen LogP contribution >= 0.6 is 11.6 Å². The number of benzene rings is 2. The second-order valence-corrected chi connectivity index (χ2v) is 4.21. The van der Waals surface area contributed by atoms with Crippen LogP contribution in [0.25, 0.3) is 5.57 Å². The molecule has 0 bridgehead atoms. The number of hydrogen-bond donors (Lipinski definition) is 1. The fraction of sp³-hybridized carbons (Fsp3) is 0.0667. The van der Waals surface area contributed by atoms with E-state index in [0.29, 0.717) is 6.54 Å². The molecule has 2 rings (SSSR count). The first-order valence-corrected chi connectivity index (χ1v) is 5.87. The summed E-state index contributed by atoms with van der Waals surface area (Å²) in [6, 6.07) is 17.8. The molecule has 1 N–H and O–H groups in total. The molecular weight excluding hydrogens is 230 g/mol. The van der Waals surface area contributed by atoms with Crippen LogP contribution < -0.4 is 5.32 Å². The predicted molar refractivity (Wildman–Crippen MR) is 75.4 cm³/mol. The van der Waals surface area contributed by atoms with Gasteiger partial charge in [0.2, 0.25) is 0 Å². The third-order valence-corrected chi connectivity index (χ3v) is 2.88. The van der Waals surface area contributed by atoms with E-state index in [1.54, 1.807) is 0 Å². The monoisotopic (exact) mass is 243 g/mol. The van der Waals surface area contributed by atoms with Gasteiger partial charge in [-0.15, -0.1) is 0 Å². The first kappa shape index (κ1) is 11.7. The van der Waals surface area contributed by atoms with Crippen LogP contribution in [0.4, 0.5) is 5.69 Å². The second-order valence-electron chi connectivity index (χ2n) is 3.80. The molecular formula is C15H14ClN. The van der Waals surface area contributed by atoms with Crippen LogP contribution in [0.1, 0.15) is 5.56 Å². The Kier molecular flexibility index (Phi) is 3.84.